The molecular formula is C23H22N4O4. The minimum atomic E-state index is -0.856. The highest BCUT2D eigenvalue weighted by Gasteiger charge is 2.19. The topological polar surface area (TPSA) is 110 Å². The molecular weight excluding hydrogens is 396 g/mol. The number of aryl methyl sites for hydroxylation is 1. The van der Waals surface area contributed by atoms with Gasteiger partial charge in [0.05, 0.1) is 30.0 Å². The molecule has 2 heterocycles. The second-order valence-corrected chi connectivity index (χ2v) is 7.42. The van der Waals surface area contributed by atoms with Gasteiger partial charge in [-0.2, -0.15) is 5.10 Å². The number of methoxy groups -OCH3 is 1. The zero-order valence-corrected chi connectivity index (χ0v) is 17.4. The quantitative estimate of drug-likeness (QED) is 0.497. The highest BCUT2D eigenvalue weighted by atomic mass is 16.5. The van der Waals surface area contributed by atoms with Gasteiger partial charge in [-0.15, -0.1) is 0 Å². The molecule has 8 heteroatoms. The first-order valence-electron chi connectivity index (χ1n) is 9.84. The lowest BCUT2D eigenvalue weighted by Gasteiger charge is -2.12. The van der Waals surface area contributed by atoms with Crippen molar-refractivity contribution in [1.29, 1.82) is 0 Å². The van der Waals surface area contributed by atoms with Gasteiger partial charge >= 0.3 is 5.97 Å². The SMILES string of the molecule is COc1cc(CC(C)C(=O)O)ccc1-c1nc2c(C)nn(-c3ccccc3)c2c(=O)[nH]1. The van der Waals surface area contributed by atoms with Gasteiger partial charge in [-0.05, 0) is 43.2 Å². The Balaban J connectivity index is 1.81. The minimum Gasteiger partial charge on any atom is -0.496 e. The zero-order chi connectivity index (χ0) is 22.1. The summed E-state index contributed by atoms with van der Waals surface area (Å²) in [5.41, 5.74) is 3.42. The van der Waals surface area contributed by atoms with Crippen LogP contribution in [0, 0.1) is 12.8 Å². The smallest absolute Gasteiger partial charge is 0.306 e. The third-order valence-corrected chi connectivity index (χ3v) is 5.18. The summed E-state index contributed by atoms with van der Waals surface area (Å²) in [5, 5.41) is 13.7. The summed E-state index contributed by atoms with van der Waals surface area (Å²) in [4.78, 5) is 31.7. The second kappa shape index (κ2) is 8.06. The first kappa shape index (κ1) is 20.3. The number of hydrogen-bond donors (Lipinski definition) is 2. The van der Waals surface area contributed by atoms with Crippen molar-refractivity contribution < 1.29 is 14.6 Å². The Morgan fingerprint density at radius 1 is 1.23 bits per heavy atom. The van der Waals surface area contributed by atoms with Gasteiger partial charge < -0.3 is 14.8 Å². The number of fused-ring (bicyclic) bond motifs is 1. The number of aromatic amines is 1. The van der Waals surface area contributed by atoms with Crippen LogP contribution in [0.4, 0.5) is 0 Å². The molecule has 31 heavy (non-hydrogen) atoms. The molecule has 158 valence electrons. The van der Waals surface area contributed by atoms with Gasteiger partial charge in [-0.3, -0.25) is 9.59 Å². The van der Waals surface area contributed by atoms with Gasteiger partial charge in [-0.1, -0.05) is 31.2 Å². The number of nitrogens with zero attached hydrogens (tertiary/aromatic N) is 3. The molecule has 0 spiro atoms. The van der Waals surface area contributed by atoms with E-state index in [0.717, 1.165) is 11.3 Å². The number of ether oxygens (including phenoxy) is 1. The number of carbonyl (C=O) groups is 1. The van der Waals surface area contributed by atoms with Crippen LogP contribution < -0.4 is 10.3 Å². The molecule has 0 fully saturated rings. The van der Waals surface area contributed by atoms with Crippen molar-refractivity contribution in [1.82, 2.24) is 19.7 Å². The molecule has 4 aromatic rings. The number of carboxylic acid groups (broad SMARTS) is 1. The Hall–Kier alpha value is -3.94. The largest absolute Gasteiger partial charge is 0.496 e. The maximum atomic E-state index is 13.0. The van der Waals surface area contributed by atoms with E-state index in [9.17, 15) is 9.59 Å². The lowest BCUT2D eigenvalue weighted by molar-refractivity contribution is -0.141. The number of nitrogens with one attached hydrogen (secondary N) is 1. The van der Waals surface area contributed by atoms with Gasteiger partial charge in [0.1, 0.15) is 17.1 Å². The molecule has 0 saturated carbocycles. The van der Waals surface area contributed by atoms with Crippen molar-refractivity contribution in [3.05, 3.63) is 70.1 Å². The number of aliphatic carboxylic acids is 1. The number of carboxylic acids is 1. The van der Waals surface area contributed by atoms with Crippen LogP contribution in [0.3, 0.4) is 0 Å². The van der Waals surface area contributed by atoms with Crippen molar-refractivity contribution in [2.75, 3.05) is 7.11 Å². The molecule has 0 aliphatic heterocycles. The number of aromatic nitrogens is 4. The van der Waals surface area contributed by atoms with E-state index >= 15 is 0 Å². The molecule has 0 aliphatic carbocycles. The first-order valence-corrected chi connectivity index (χ1v) is 9.84. The fourth-order valence-electron chi connectivity index (χ4n) is 3.55. The number of hydrogen-bond acceptors (Lipinski definition) is 5. The Bertz CT molecular complexity index is 1320. The lowest BCUT2D eigenvalue weighted by atomic mass is 9.99. The van der Waals surface area contributed by atoms with Crippen LogP contribution in [0.5, 0.6) is 5.75 Å². The highest BCUT2D eigenvalue weighted by Crippen LogP contribution is 2.30. The van der Waals surface area contributed by atoms with Crippen molar-refractivity contribution in [3.63, 3.8) is 0 Å². The summed E-state index contributed by atoms with van der Waals surface area (Å²) in [6.07, 6.45) is 0.373. The molecule has 2 aromatic heterocycles. The van der Waals surface area contributed by atoms with Gasteiger partial charge in [0.2, 0.25) is 0 Å². The van der Waals surface area contributed by atoms with E-state index in [4.69, 9.17) is 9.84 Å². The molecule has 0 amide bonds. The number of H-pyrrole nitrogens is 1. The Labute approximate surface area is 178 Å². The number of rotatable bonds is 6. The van der Waals surface area contributed by atoms with Crippen LogP contribution in [0.25, 0.3) is 28.1 Å². The van der Waals surface area contributed by atoms with Crippen molar-refractivity contribution in [2.24, 2.45) is 5.92 Å². The third kappa shape index (κ3) is 3.79. The fraction of sp³-hybridized carbons (Fsp3) is 0.217. The van der Waals surface area contributed by atoms with E-state index in [1.54, 1.807) is 23.7 Å². The molecule has 1 atom stereocenters. The molecule has 0 saturated heterocycles. The van der Waals surface area contributed by atoms with E-state index < -0.39 is 11.9 Å². The summed E-state index contributed by atoms with van der Waals surface area (Å²) in [6.45, 7) is 3.47. The van der Waals surface area contributed by atoms with E-state index in [2.05, 4.69) is 15.1 Å². The first-order chi connectivity index (χ1) is 14.9. The Morgan fingerprint density at radius 2 is 1.97 bits per heavy atom. The van der Waals surface area contributed by atoms with Gasteiger partial charge in [-0.25, -0.2) is 9.67 Å². The number of benzene rings is 2. The average molecular weight is 418 g/mol. The van der Waals surface area contributed by atoms with E-state index in [-0.39, 0.29) is 5.56 Å². The van der Waals surface area contributed by atoms with Gasteiger partial charge in [0.15, 0.2) is 5.52 Å². The van der Waals surface area contributed by atoms with Crippen LogP contribution >= 0.6 is 0 Å². The monoisotopic (exact) mass is 418 g/mol. The van der Waals surface area contributed by atoms with Crippen molar-refractivity contribution in [3.8, 4) is 22.8 Å². The standard InChI is InChI=1S/C23H22N4O4/c1-13(23(29)30)11-15-9-10-17(18(12-15)31-3)21-24-19-14(2)26-27(20(19)22(28)25-21)16-7-5-4-6-8-16/h4-10,12-13H,11H2,1-3H3,(H,29,30)(H,24,25,28). The average Bonchev–Trinajstić information content (AvgIpc) is 3.11. The van der Waals surface area contributed by atoms with Crippen molar-refractivity contribution >= 4 is 17.0 Å². The summed E-state index contributed by atoms with van der Waals surface area (Å²) < 4.78 is 7.10. The van der Waals surface area contributed by atoms with Crippen LogP contribution in [-0.4, -0.2) is 37.9 Å². The summed E-state index contributed by atoms with van der Waals surface area (Å²) in [7, 11) is 1.53. The second-order valence-electron chi connectivity index (χ2n) is 7.42. The van der Waals surface area contributed by atoms with E-state index in [0.29, 0.717) is 40.3 Å². The van der Waals surface area contributed by atoms with Crippen molar-refractivity contribution in [2.45, 2.75) is 20.3 Å². The maximum absolute atomic E-state index is 13.0. The van der Waals surface area contributed by atoms with Crippen LogP contribution in [0.1, 0.15) is 18.2 Å². The summed E-state index contributed by atoms with van der Waals surface area (Å²) in [6, 6.07) is 14.8. The summed E-state index contributed by atoms with van der Waals surface area (Å²) >= 11 is 0. The molecule has 4 rings (SSSR count). The highest BCUT2D eigenvalue weighted by molar-refractivity contribution is 5.81. The predicted octanol–water partition coefficient (Wildman–Crippen LogP) is 3.36. The van der Waals surface area contributed by atoms with Crippen LogP contribution in [-0.2, 0) is 11.2 Å². The molecule has 0 radical (unpaired) electrons. The van der Waals surface area contributed by atoms with Crippen LogP contribution in [0.2, 0.25) is 0 Å². The fourth-order valence-corrected chi connectivity index (χ4v) is 3.55. The molecule has 2 N–H and O–H groups in total. The summed E-state index contributed by atoms with van der Waals surface area (Å²) in [5.74, 6) is -0.504. The van der Waals surface area contributed by atoms with Crippen LogP contribution in [0.15, 0.2) is 53.3 Å². The lowest BCUT2D eigenvalue weighted by Crippen LogP contribution is -2.14. The molecule has 2 aromatic carbocycles. The van der Waals surface area contributed by atoms with E-state index in [1.165, 1.54) is 7.11 Å². The predicted molar refractivity (Wildman–Crippen MR) is 117 cm³/mol. The Kier molecular flexibility index (Phi) is 5.29. The number of para-hydroxylation sites is 1. The molecule has 8 nitrogen and oxygen atoms in total. The molecule has 0 bridgehead atoms. The van der Waals surface area contributed by atoms with Gasteiger partial charge in [0.25, 0.3) is 5.56 Å². The molecule has 0 aliphatic rings. The minimum absolute atomic E-state index is 0.310. The Morgan fingerprint density at radius 3 is 2.65 bits per heavy atom. The zero-order valence-electron chi connectivity index (χ0n) is 17.4. The normalized spacial score (nSPS) is 12.1. The maximum Gasteiger partial charge on any atom is 0.306 e. The van der Waals surface area contributed by atoms with E-state index in [1.807, 2.05) is 43.3 Å². The third-order valence-electron chi connectivity index (χ3n) is 5.18. The van der Waals surface area contributed by atoms with Gasteiger partial charge in [0, 0.05) is 0 Å². The molecule has 1 unspecified atom stereocenters.